The number of nitrogens with zero attached hydrogens (tertiary/aromatic N) is 1. The van der Waals surface area contributed by atoms with Crippen LogP contribution >= 0.6 is 0 Å². The summed E-state index contributed by atoms with van der Waals surface area (Å²) in [6, 6.07) is 4.90. The molecule has 26 heavy (non-hydrogen) atoms. The van der Waals surface area contributed by atoms with Crippen molar-refractivity contribution in [2.45, 2.75) is 39.2 Å². The van der Waals surface area contributed by atoms with Crippen molar-refractivity contribution >= 4 is 15.9 Å². The third kappa shape index (κ3) is 5.60. The van der Waals surface area contributed by atoms with Crippen molar-refractivity contribution in [3.8, 4) is 11.5 Å². The van der Waals surface area contributed by atoms with Crippen molar-refractivity contribution in [1.29, 1.82) is 0 Å². The minimum Gasteiger partial charge on any atom is -0.490 e. The number of nitrogens with one attached hydrogen (secondary N) is 1. The highest BCUT2D eigenvalue weighted by Gasteiger charge is 2.27. The van der Waals surface area contributed by atoms with Crippen molar-refractivity contribution in [2.24, 2.45) is 0 Å². The minimum absolute atomic E-state index is 0.197. The smallest absolute Gasteiger partial charge is 0.251 e. The summed E-state index contributed by atoms with van der Waals surface area (Å²) >= 11 is 0. The van der Waals surface area contributed by atoms with Crippen molar-refractivity contribution in [3.63, 3.8) is 0 Å². The van der Waals surface area contributed by atoms with Crippen LogP contribution in [0.1, 0.15) is 43.5 Å². The van der Waals surface area contributed by atoms with Gasteiger partial charge in [0.15, 0.2) is 11.5 Å². The zero-order valence-corrected chi connectivity index (χ0v) is 16.5. The maximum absolute atomic E-state index is 12.6. The Balaban J connectivity index is 2.07. The van der Waals surface area contributed by atoms with E-state index in [0.29, 0.717) is 43.4 Å². The first kappa shape index (κ1) is 20.5. The second-order valence-electron chi connectivity index (χ2n) is 6.38. The van der Waals surface area contributed by atoms with E-state index in [1.54, 1.807) is 18.2 Å². The van der Waals surface area contributed by atoms with E-state index in [1.165, 1.54) is 10.6 Å². The molecule has 146 valence electrons. The predicted molar refractivity (Wildman–Crippen MR) is 100 cm³/mol. The highest BCUT2D eigenvalue weighted by Crippen LogP contribution is 2.29. The molecule has 1 unspecified atom stereocenters. The lowest BCUT2D eigenvalue weighted by atomic mass is 10.1. The zero-order valence-electron chi connectivity index (χ0n) is 15.7. The lowest BCUT2D eigenvalue weighted by molar-refractivity contribution is 0.0921. The second kappa shape index (κ2) is 9.23. The molecule has 1 amide bonds. The van der Waals surface area contributed by atoms with Crippen molar-refractivity contribution in [1.82, 2.24) is 9.62 Å². The third-order valence-electron chi connectivity index (χ3n) is 4.16. The first-order chi connectivity index (χ1) is 12.3. The Morgan fingerprint density at radius 2 is 2.04 bits per heavy atom. The van der Waals surface area contributed by atoms with Crippen LogP contribution < -0.4 is 14.8 Å². The molecule has 1 aliphatic rings. The average molecular weight is 384 g/mol. The van der Waals surface area contributed by atoms with E-state index >= 15 is 0 Å². The molecular weight excluding hydrogens is 356 g/mol. The number of carbonyl (C=O) groups excluding carboxylic acids is 1. The Bertz CT molecular complexity index is 720. The molecule has 0 aliphatic carbocycles. The van der Waals surface area contributed by atoms with Crippen LogP contribution in [-0.4, -0.2) is 57.2 Å². The highest BCUT2D eigenvalue weighted by atomic mass is 32.2. The molecule has 1 saturated heterocycles. The van der Waals surface area contributed by atoms with E-state index in [-0.39, 0.29) is 11.9 Å². The van der Waals surface area contributed by atoms with Gasteiger partial charge < -0.3 is 14.8 Å². The van der Waals surface area contributed by atoms with Gasteiger partial charge in [-0.15, -0.1) is 0 Å². The van der Waals surface area contributed by atoms with Gasteiger partial charge in [0.2, 0.25) is 10.0 Å². The quantitative estimate of drug-likeness (QED) is 0.741. The van der Waals surface area contributed by atoms with Gasteiger partial charge in [-0.05, 0) is 44.4 Å². The summed E-state index contributed by atoms with van der Waals surface area (Å²) in [5, 5.41) is 2.93. The Kier molecular flexibility index (Phi) is 7.28. The highest BCUT2D eigenvalue weighted by molar-refractivity contribution is 7.88. The molecule has 1 heterocycles. The monoisotopic (exact) mass is 384 g/mol. The van der Waals surface area contributed by atoms with Crippen LogP contribution in [0, 0.1) is 0 Å². The molecule has 1 aromatic rings. The molecule has 0 saturated carbocycles. The molecule has 1 N–H and O–H groups in total. The van der Waals surface area contributed by atoms with E-state index < -0.39 is 10.0 Å². The maximum Gasteiger partial charge on any atom is 0.251 e. The average Bonchev–Trinajstić information content (AvgIpc) is 2.60. The van der Waals surface area contributed by atoms with Gasteiger partial charge in [0.1, 0.15) is 0 Å². The van der Waals surface area contributed by atoms with E-state index in [2.05, 4.69) is 5.32 Å². The zero-order chi connectivity index (χ0) is 19.2. The summed E-state index contributed by atoms with van der Waals surface area (Å²) in [5.74, 6) is 0.912. The van der Waals surface area contributed by atoms with Gasteiger partial charge in [-0.2, -0.15) is 0 Å². The molecule has 0 aromatic heterocycles. The molecule has 1 atom stereocenters. The topological polar surface area (TPSA) is 84.9 Å². The fourth-order valence-electron chi connectivity index (χ4n) is 2.88. The molecule has 8 heteroatoms. The number of benzene rings is 1. The largest absolute Gasteiger partial charge is 0.490 e. The van der Waals surface area contributed by atoms with Crippen LogP contribution in [0.25, 0.3) is 0 Å². The van der Waals surface area contributed by atoms with E-state index in [9.17, 15) is 13.2 Å². The van der Waals surface area contributed by atoms with Gasteiger partial charge in [-0.3, -0.25) is 4.79 Å². The molecule has 0 bridgehead atoms. The molecule has 1 aliphatic heterocycles. The molecule has 1 fully saturated rings. The van der Waals surface area contributed by atoms with Crippen molar-refractivity contribution in [3.05, 3.63) is 23.8 Å². The Hall–Kier alpha value is -1.80. The van der Waals surface area contributed by atoms with Crippen molar-refractivity contribution < 1.29 is 22.7 Å². The van der Waals surface area contributed by atoms with E-state index in [0.717, 1.165) is 19.3 Å². The normalized spacial score (nSPS) is 18.3. The number of hydrogen-bond donors (Lipinski definition) is 1. The van der Waals surface area contributed by atoms with Gasteiger partial charge in [-0.1, -0.05) is 6.92 Å². The summed E-state index contributed by atoms with van der Waals surface area (Å²) in [6.45, 7) is 5.75. The fourth-order valence-corrected chi connectivity index (χ4v) is 3.79. The predicted octanol–water partition coefficient (Wildman–Crippen LogP) is 2.03. The first-order valence-corrected chi connectivity index (χ1v) is 10.9. The number of amides is 1. The fraction of sp³-hybridized carbons (Fsp3) is 0.611. The third-order valence-corrected chi connectivity index (χ3v) is 5.43. The number of sulfonamides is 1. The number of piperidine rings is 1. The van der Waals surface area contributed by atoms with Gasteiger partial charge in [0.25, 0.3) is 5.91 Å². The van der Waals surface area contributed by atoms with Crippen LogP contribution in [0.4, 0.5) is 0 Å². The Morgan fingerprint density at radius 1 is 1.27 bits per heavy atom. The van der Waals surface area contributed by atoms with E-state index in [4.69, 9.17) is 9.47 Å². The Labute approximate surface area is 155 Å². The molecular formula is C18H28N2O5S. The lowest BCUT2D eigenvalue weighted by Gasteiger charge is -2.31. The van der Waals surface area contributed by atoms with Gasteiger partial charge in [-0.25, -0.2) is 12.7 Å². The van der Waals surface area contributed by atoms with Crippen LogP contribution in [0.2, 0.25) is 0 Å². The van der Waals surface area contributed by atoms with Crippen LogP contribution in [0.3, 0.4) is 0 Å². The molecule has 7 nitrogen and oxygen atoms in total. The van der Waals surface area contributed by atoms with E-state index in [1.807, 2.05) is 13.8 Å². The maximum atomic E-state index is 12.6. The standard InChI is InChI=1S/C18H28N2O5S/c1-4-11-25-16-9-8-14(12-17(16)24-5-2)18(21)19-15-7-6-10-20(13-15)26(3,22)23/h8-9,12,15H,4-7,10-11,13H2,1-3H3,(H,19,21). The second-order valence-corrected chi connectivity index (χ2v) is 8.36. The Morgan fingerprint density at radius 3 is 2.69 bits per heavy atom. The SMILES string of the molecule is CCCOc1ccc(C(=O)NC2CCCN(S(C)(=O)=O)C2)cc1OCC. The molecule has 1 aromatic carbocycles. The summed E-state index contributed by atoms with van der Waals surface area (Å²) in [6.07, 6.45) is 3.56. The number of carbonyl (C=O) groups is 1. The van der Waals surface area contributed by atoms with Crippen LogP contribution in [-0.2, 0) is 10.0 Å². The summed E-state index contributed by atoms with van der Waals surface area (Å²) in [7, 11) is -3.24. The van der Waals surface area contributed by atoms with Crippen LogP contribution in [0.5, 0.6) is 11.5 Å². The summed E-state index contributed by atoms with van der Waals surface area (Å²) < 4.78 is 36.1. The van der Waals surface area contributed by atoms with Crippen LogP contribution in [0.15, 0.2) is 18.2 Å². The molecule has 2 rings (SSSR count). The number of ether oxygens (including phenoxy) is 2. The molecule has 0 spiro atoms. The summed E-state index contributed by atoms with van der Waals surface area (Å²) in [4.78, 5) is 12.6. The summed E-state index contributed by atoms with van der Waals surface area (Å²) in [5.41, 5.74) is 0.466. The minimum atomic E-state index is -3.24. The van der Waals surface area contributed by atoms with Gasteiger partial charge in [0.05, 0.1) is 19.5 Å². The van der Waals surface area contributed by atoms with Crippen molar-refractivity contribution in [2.75, 3.05) is 32.6 Å². The lowest BCUT2D eigenvalue weighted by Crippen LogP contribution is -2.49. The molecule has 0 radical (unpaired) electrons. The number of rotatable bonds is 8. The van der Waals surface area contributed by atoms with Gasteiger partial charge in [0, 0.05) is 24.7 Å². The van der Waals surface area contributed by atoms with Gasteiger partial charge >= 0.3 is 0 Å². The number of hydrogen-bond acceptors (Lipinski definition) is 5. The first-order valence-electron chi connectivity index (χ1n) is 9.00.